The van der Waals surface area contributed by atoms with Crippen LogP contribution in [0.2, 0.25) is 0 Å². The first-order valence-electron chi connectivity index (χ1n) is 9.99. The summed E-state index contributed by atoms with van der Waals surface area (Å²) in [6, 6.07) is 3.98. The van der Waals surface area contributed by atoms with Crippen molar-refractivity contribution in [1.82, 2.24) is 9.80 Å². The van der Waals surface area contributed by atoms with E-state index in [-0.39, 0.29) is 36.4 Å². The highest BCUT2D eigenvalue weighted by Crippen LogP contribution is 2.33. The molecule has 8 nitrogen and oxygen atoms in total. The van der Waals surface area contributed by atoms with Gasteiger partial charge in [-0.05, 0) is 43.4 Å². The van der Waals surface area contributed by atoms with Gasteiger partial charge in [0, 0.05) is 25.6 Å². The third-order valence-electron chi connectivity index (χ3n) is 5.58. The topological polar surface area (TPSA) is 99.5 Å². The molecule has 0 aromatic heterocycles. The lowest BCUT2D eigenvalue weighted by Gasteiger charge is -2.41. The number of hydrogen-bond acceptors (Lipinski definition) is 5. The number of rotatable bonds is 3. The maximum absolute atomic E-state index is 13.0. The molecule has 2 aliphatic rings. The number of hydrogen-bond donors (Lipinski definition) is 2. The number of benzene rings is 1. The molecule has 1 aromatic rings. The Labute approximate surface area is 177 Å². The average molecular weight is 446 g/mol. The Kier molecular flexibility index (Phi) is 6.83. The van der Waals surface area contributed by atoms with Crippen LogP contribution in [0.3, 0.4) is 0 Å². The Morgan fingerprint density at radius 1 is 1.13 bits per heavy atom. The SMILES string of the molecule is Cc1cc(C2CC(OC(=O)O)CN(C(=O)N3CCC(O)CC3)C2)ccc1OC(F)(F)F. The van der Waals surface area contributed by atoms with Gasteiger partial charge in [0.15, 0.2) is 0 Å². The molecule has 0 spiro atoms. The maximum atomic E-state index is 13.0. The van der Waals surface area contributed by atoms with Crippen molar-refractivity contribution in [3.05, 3.63) is 29.3 Å². The van der Waals surface area contributed by atoms with E-state index in [0.717, 1.165) is 0 Å². The van der Waals surface area contributed by atoms with Gasteiger partial charge in [0.1, 0.15) is 11.9 Å². The zero-order chi connectivity index (χ0) is 22.8. The molecule has 31 heavy (non-hydrogen) atoms. The summed E-state index contributed by atoms with van der Waals surface area (Å²) in [6.45, 7) is 2.65. The number of carbonyl (C=O) groups is 2. The Bertz CT molecular complexity index is 811. The molecule has 2 saturated heterocycles. The van der Waals surface area contributed by atoms with Crippen LogP contribution in [-0.4, -0.2) is 76.9 Å². The number of likely N-dealkylation sites (tertiary alicyclic amines) is 2. The lowest BCUT2D eigenvalue weighted by Crippen LogP contribution is -2.53. The number of amides is 2. The average Bonchev–Trinajstić information content (AvgIpc) is 2.68. The van der Waals surface area contributed by atoms with Gasteiger partial charge in [-0.25, -0.2) is 9.59 Å². The van der Waals surface area contributed by atoms with Crippen LogP contribution in [0.25, 0.3) is 0 Å². The number of ether oxygens (including phenoxy) is 2. The third kappa shape index (κ3) is 6.16. The number of aliphatic hydroxyl groups excluding tert-OH is 1. The van der Waals surface area contributed by atoms with E-state index in [9.17, 15) is 27.9 Å². The number of carbonyl (C=O) groups excluding carboxylic acids is 1. The molecule has 1 aromatic carbocycles. The molecule has 3 rings (SSSR count). The minimum absolute atomic E-state index is 0.0922. The van der Waals surface area contributed by atoms with Gasteiger partial charge in [-0.15, -0.1) is 13.2 Å². The zero-order valence-electron chi connectivity index (χ0n) is 17.0. The van der Waals surface area contributed by atoms with Gasteiger partial charge in [-0.1, -0.05) is 12.1 Å². The van der Waals surface area contributed by atoms with E-state index in [0.29, 0.717) is 37.9 Å². The summed E-state index contributed by atoms with van der Waals surface area (Å²) >= 11 is 0. The second-order valence-electron chi connectivity index (χ2n) is 7.92. The van der Waals surface area contributed by atoms with E-state index in [1.807, 2.05) is 0 Å². The molecule has 0 aliphatic carbocycles. The van der Waals surface area contributed by atoms with E-state index in [2.05, 4.69) is 4.74 Å². The van der Waals surface area contributed by atoms with E-state index < -0.39 is 24.7 Å². The molecular weight excluding hydrogens is 421 g/mol. The van der Waals surface area contributed by atoms with E-state index in [1.54, 1.807) is 11.0 Å². The van der Waals surface area contributed by atoms with Crippen molar-refractivity contribution < 1.29 is 42.4 Å². The van der Waals surface area contributed by atoms with Crippen molar-refractivity contribution in [2.24, 2.45) is 0 Å². The van der Waals surface area contributed by atoms with Crippen LogP contribution in [0.15, 0.2) is 18.2 Å². The minimum atomic E-state index is -4.80. The molecule has 11 heteroatoms. The third-order valence-corrected chi connectivity index (χ3v) is 5.58. The van der Waals surface area contributed by atoms with Crippen LogP contribution >= 0.6 is 0 Å². The Morgan fingerprint density at radius 3 is 2.39 bits per heavy atom. The van der Waals surface area contributed by atoms with Gasteiger partial charge in [-0.2, -0.15) is 0 Å². The van der Waals surface area contributed by atoms with Crippen LogP contribution in [0.1, 0.15) is 36.3 Å². The second kappa shape index (κ2) is 9.21. The first kappa shape index (κ1) is 23.0. The Balaban J connectivity index is 1.78. The number of halogens is 3. The summed E-state index contributed by atoms with van der Waals surface area (Å²) in [5.74, 6) is -0.638. The van der Waals surface area contributed by atoms with Gasteiger partial charge in [0.2, 0.25) is 0 Å². The minimum Gasteiger partial charge on any atom is -0.450 e. The highest BCUT2D eigenvalue weighted by Gasteiger charge is 2.36. The fourth-order valence-electron chi connectivity index (χ4n) is 4.10. The van der Waals surface area contributed by atoms with Crippen LogP contribution < -0.4 is 4.74 Å². The van der Waals surface area contributed by atoms with Gasteiger partial charge < -0.3 is 29.5 Å². The molecule has 0 saturated carbocycles. The van der Waals surface area contributed by atoms with Gasteiger partial charge >= 0.3 is 18.5 Å². The number of aryl methyl sites for hydroxylation is 1. The first-order valence-corrected chi connectivity index (χ1v) is 9.99. The fourth-order valence-corrected chi connectivity index (χ4v) is 4.10. The molecule has 172 valence electrons. The summed E-state index contributed by atoms with van der Waals surface area (Å²) in [4.78, 5) is 27.2. The van der Waals surface area contributed by atoms with Crippen molar-refractivity contribution in [3.8, 4) is 5.75 Å². The lowest BCUT2D eigenvalue weighted by atomic mass is 9.88. The number of aliphatic hydroxyl groups is 1. The largest absolute Gasteiger partial charge is 0.573 e. The fraction of sp³-hybridized carbons (Fsp3) is 0.600. The van der Waals surface area contributed by atoms with Crippen molar-refractivity contribution >= 4 is 12.2 Å². The molecule has 2 unspecified atom stereocenters. The van der Waals surface area contributed by atoms with Gasteiger partial charge in [0.25, 0.3) is 0 Å². The monoisotopic (exact) mass is 446 g/mol. The van der Waals surface area contributed by atoms with Crippen molar-refractivity contribution in [1.29, 1.82) is 0 Å². The Hall–Kier alpha value is -2.69. The number of urea groups is 1. The van der Waals surface area contributed by atoms with Crippen LogP contribution in [-0.2, 0) is 4.74 Å². The van der Waals surface area contributed by atoms with Gasteiger partial charge in [-0.3, -0.25) is 0 Å². The van der Waals surface area contributed by atoms with Crippen molar-refractivity contribution in [3.63, 3.8) is 0 Å². The molecule has 0 radical (unpaired) electrons. The number of carboxylic acid groups (broad SMARTS) is 1. The first-order chi connectivity index (χ1) is 14.5. The maximum Gasteiger partial charge on any atom is 0.573 e. The Morgan fingerprint density at radius 2 is 1.81 bits per heavy atom. The van der Waals surface area contributed by atoms with Crippen molar-refractivity contribution in [2.45, 2.75) is 50.7 Å². The normalized spacial score (nSPS) is 22.9. The lowest BCUT2D eigenvalue weighted by molar-refractivity contribution is -0.274. The highest BCUT2D eigenvalue weighted by molar-refractivity contribution is 5.75. The second-order valence-corrected chi connectivity index (χ2v) is 7.92. The molecule has 2 heterocycles. The summed E-state index contributed by atoms with van der Waals surface area (Å²) in [7, 11) is 0. The summed E-state index contributed by atoms with van der Waals surface area (Å²) in [5.41, 5.74) is 0.941. The van der Waals surface area contributed by atoms with Crippen LogP contribution in [0, 0.1) is 6.92 Å². The van der Waals surface area contributed by atoms with E-state index in [4.69, 9.17) is 9.84 Å². The smallest absolute Gasteiger partial charge is 0.450 e. The molecule has 0 bridgehead atoms. The zero-order valence-corrected chi connectivity index (χ0v) is 17.0. The molecule has 2 atom stereocenters. The molecule has 2 fully saturated rings. The predicted octanol–water partition coefficient (Wildman–Crippen LogP) is 3.32. The number of nitrogens with zero attached hydrogens (tertiary/aromatic N) is 2. The molecule has 2 N–H and O–H groups in total. The van der Waals surface area contributed by atoms with E-state index >= 15 is 0 Å². The molecular formula is C20H25F3N2O6. The predicted molar refractivity (Wildman–Crippen MR) is 102 cm³/mol. The number of alkyl halides is 3. The summed E-state index contributed by atoms with van der Waals surface area (Å²) in [5, 5.41) is 18.7. The standard InChI is InChI=1S/C20H25F3N2O6/c1-12-8-13(2-3-17(12)31-20(21,22)23)14-9-16(30-19(28)29)11-25(10-14)18(27)24-6-4-15(26)5-7-24/h2-3,8,14-16,26H,4-7,9-11H2,1H3,(H,28,29). The molecule has 2 amide bonds. The van der Waals surface area contributed by atoms with E-state index in [1.165, 1.54) is 24.0 Å². The van der Waals surface area contributed by atoms with Crippen LogP contribution in [0.5, 0.6) is 5.75 Å². The van der Waals surface area contributed by atoms with Gasteiger partial charge in [0.05, 0.1) is 12.6 Å². The van der Waals surface area contributed by atoms with Crippen LogP contribution in [0.4, 0.5) is 22.8 Å². The summed E-state index contributed by atoms with van der Waals surface area (Å²) < 4.78 is 46.5. The van der Waals surface area contributed by atoms with Crippen molar-refractivity contribution in [2.75, 3.05) is 26.2 Å². The number of piperidine rings is 2. The quantitative estimate of drug-likeness (QED) is 0.691. The summed E-state index contributed by atoms with van der Waals surface area (Å²) in [6.07, 6.45) is -6.22. The molecule has 2 aliphatic heterocycles. The highest BCUT2D eigenvalue weighted by atomic mass is 19.4.